The molecule has 0 saturated heterocycles. The summed E-state index contributed by atoms with van der Waals surface area (Å²) in [5, 5.41) is 4.21. The van der Waals surface area contributed by atoms with Crippen molar-refractivity contribution in [2.75, 3.05) is 18.0 Å². The smallest absolute Gasteiger partial charge is 0.0471 e. The maximum atomic E-state index is 6.40. The normalized spacial score (nSPS) is 10.6. The van der Waals surface area contributed by atoms with Gasteiger partial charge in [-0.1, -0.05) is 54.9 Å². The molecule has 0 bridgehead atoms. The van der Waals surface area contributed by atoms with Gasteiger partial charge in [-0.05, 0) is 31.2 Å². The number of nitrogens with one attached hydrogen (secondary N) is 1. The van der Waals surface area contributed by atoms with Crippen LogP contribution in [0.2, 0.25) is 5.02 Å². The van der Waals surface area contributed by atoms with E-state index in [1.165, 1.54) is 16.8 Å². The summed E-state index contributed by atoms with van der Waals surface area (Å²) < 4.78 is 0. The Morgan fingerprint density at radius 2 is 1.76 bits per heavy atom. The minimum atomic E-state index is 0.802. The first-order valence-electron chi connectivity index (χ1n) is 7.53. The number of rotatable bonds is 7. The Morgan fingerprint density at radius 1 is 1.00 bits per heavy atom. The Labute approximate surface area is 132 Å². The first-order valence-corrected chi connectivity index (χ1v) is 7.91. The molecule has 2 aromatic rings. The summed E-state index contributed by atoms with van der Waals surface area (Å²) in [4.78, 5) is 2.37. The minimum absolute atomic E-state index is 0.802. The second kappa shape index (κ2) is 8.06. The van der Waals surface area contributed by atoms with E-state index < -0.39 is 0 Å². The van der Waals surface area contributed by atoms with Gasteiger partial charge in [-0.25, -0.2) is 0 Å². The van der Waals surface area contributed by atoms with Crippen LogP contribution in [-0.2, 0) is 13.1 Å². The van der Waals surface area contributed by atoms with Crippen LogP contribution in [0.3, 0.4) is 0 Å². The second-order valence-corrected chi connectivity index (χ2v) is 5.42. The van der Waals surface area contributed by atoms with Crippen molar-refractivity contribution in [2.24, 2.45) is 0 Å². The highest BCUT2D eigenvalue weighted by Gasteiger charge is 2.12. The van der Waals surface area contributed by atoms with Crippen molar-refractivity contribution >= 4 is 17.3 Å². The van der Waals surface area contributed by atoms with Gasteiger partial charge >= 0.3 is 0 Å². The van der Waals surface area contributed by atoms with Crippen LogP contribution in [0, 0.1) is 0 Å². The number of hydrogen-bond donors (Lipinski definition) is 1. The van der Waals surface area contributed by atoms with Crippen LogP contribution in [0.5, 0.6) is 0 Å². The molecule has 0 aliphatic heterocycles. The molecular formula is C18H23ClN2. The van der Waals surface area contributed by atoms with Gasteiger partial charge in [0, 0.05) is 35.9 Å². The molecular weight excluding hydrogens is 280 g/mol. The van der Waals surface area contributed by atoms with E-state index in [4.69, 9.17) is 11.6 Å². The summed E-state index contributed by atoms with van der Waals surface area (Å²) in [6.45, 7) is 7.89. The van der Waals surface area contributed by atoms with Gasteiger partial charge in [-0.3, -0.25) is 0 Å². The van der Waals surface area contributed by atoms with E-state index in [0.29, 0.717) is 0 Å². The third kappa shape index (κ3) is 4.23. The van der Waals surface area contributed by atoms with Crippen molar-refractivity contribution in [3.8, 4) is 0 Å². The summed E-state index contributed by atoms with van der Waals surface area (Å²) in [5.41, 5.74) is 3.71. The molecule has 0 atom stereocenters. The lowest BCUT2D eigenvalue weighted by molar-refractivity contribution is 0.719. The average Bonchev–Trinajstić information content (AvgIpc) is 2.52. The summed E-state index contributed by atoms with van der Waals surface area (Å²) in [6.07, 6.45) is 0. The van der Waals surface area contributed by atoms with Crippen LogP contribution in [0.4, 0.5) is 5.69 Å². The maximum absolute atomic E-state index is 6.40. The Bertz CT molecular complexity index is 554. The van der Waals surface area contributed by atoms with Gasteiger partial charge in [0.1, 0.15) is 0 Å². The molecule has 0 aliphatic carbocycles. The summed E-state index contributed by atoms with van der Waals surface area (Å²) in [5.74, 6) is 0. The van der Waals surface area contributed by atoms with Gasteiger partial charge in [0.15, 0.2) is 0 Å². The molecule has 1 N–H and O–H groups in total. The van der Waals surface area contributed by atoms with Gasteiger partial charge < -0.3 is 10.2 Å². The molecule has 2 rings (SSSR count). The molecule has 0 aliphatic rings. The largest absolute Gasteiger partial charge is 0.367 e. The van der Waals surface area contributed by atoms with Crippen molar-refractivity contribution in [3.63, 3.8) is 0 Å². The Morgan fingerprint density at radius 3 is 2.43 bits per heavy atom. The molecule has 112 valence electrons. The minimum Gasteiger partial charge on any atom is -0.367 e. The molecule has 0 heterocycles. The van der Waals surface area contributed by atoms with E-state index in [0.717, 1.165) is 31.2 Å². The molecule has 0 aromatic heterocycles. The molecule has 2 aromatic carbocycles. The predicted octanol–water partition coefficient (Wildman–Crippen LogP) is 4.48. The highest BCUT2D eigenvalue weighted by molar-refractivity contribution is 6.31. The second-order valence-electron chi connectivity index (χ2n) is 5.02. The maximum Gasteiger partial charge on any atom is 0.0471 e. The van der Waals surface area contributed by atoms with Crippen LogP contribution in [-0.4, -0.2) is 13.1 Å². The molecule has 3 heteroatoms. The summed E-state index contributed by atoms with van der Waals surface area (Å²) >= 11 is 6.40. The molecule has 2 nitrogen and oxygen atoms in total. The molecule has 0 amide bonds. The molecule has 21 heavy (non-hydrogen) atoms. The quantitative estimate of drug-likeness (QED) is 0.811. The topological polar surface area (TPSA) is 15.3 Å². The van der Waals surface area contributed by atoms with E-state index in [-0.39, 0.29) is 0 Å². The Hall–Kier alpha value is -1.51. The van der Waals surface area contributed by atoms with E-state index >= 15 is 0 Å². The van der Waals surface area contributed by atoms with E-state index in [2.05, 4.69) is 60.5 Å². The fraction of sp³-hybridized carbons (Fsp3) is 0.333. The van der Waals surface area contributed by atoms with Crippen LogP contribution in [0.1, 0.15) is 25.0 Å². The number of nitrogens with zero attached hydrogens (tertiary/aromatic N) is 1. The summed E-state index contributed by atoms with van der Waals surface area (Å²) in [7, 11) is 0. The zero-order valence-corrected chi connectivity index (χ0v) is 13.5. The van der Waals surface area contributed by atoms with Gasteiger partial charge in [-0.2, -0.15) is 0 Å². The van der Waals surface area contributed by atoms with Gasteiger partial charge in [0.25, 0.3) is 0 Å². The zero-order valence-electron chi connectivity index (χ0n) is 12.8. The highest BCUT2D eigenvalue weighted by atomic mass is 35.5. The average molecular weight is 303 g/mol. The molecule has 0 spiro atoms. The van der Waals surface area contributed by atoms with Crippen LogP contribution in [0.15, 0.2) is 48.5 Å². The first kappa shape index (κ1) is 15.9. The van der Waals surface area contributed by atoms with E-state index in [9.17, 15) is 0 Å². The number of hydrogen-bond acceptors (Lipinski definition) is 2. The predicted molar refractivity (Wildman–Crippen MR) is 92.0 cm³/mol. The lowest BCUT2D eigenvalue weighted by Gasteiger charge is -2.26. The number of halogens is 1. The lowest BCUT2D eigenvalue weighted by atomic mass is 10.1. The van der Waals surface area contributed by atoms with E-state index in [1.54, 1.807) is 0 Å². The fourth-order valence-electron chi connectivity index (χ4n) is 2.44. The monoisotopic (exact) mass is 302 g/mol. The standard InChI is InChI=1S/C18H23ClN2/c1-3-20-13-16-17(19)11-8-12-18(16)21(4-2)14-15-9-6-5-7-10-15/h5-12,20H,3-4,13-14H2,1-2H3. The first-order chi connectivity index (χ1) is 10.3. The van der Waals surface area contributed by atoms with Crippen LogP contribution < -0.4 is 10.2 Å². The molecule has 0 saturated carbocycles. The lowest BCUT2D eigenvalue weighted by Crippen LogP contribution is -2.25. The van der Waals surface area contributed by atoms with Crippen LogP contribution >= 0.6 is 11.6 Å². The molecule has 0 fully saturated rings. The molecule has 0 unspecified atom stereocenters. The highest BCUT2D eigenvalue weighted by Crippen LogP contribution is 2.28. The van der Waals surface area contributed by atoms with Crippen molar-refractivity contribution in [1.29, 1.82) is 0 Å². The third-order valence-electron chi connectivity index (χ3n) is 3.58. The van der Waals surface area contributed by atoms with Gasteiger partial charge in [-0.15, -0.1) is 0 Å². The van der Waals surface area contributed by atoms with Crippen molar-refractivity contribution in [2.45, 2.75) is 26.9 Å². The fourth-order valence-corrected chi connectivity index (χ4v) is 2.68. The Kier molecular flexibility index (Phi) is 6.09. The van der Waals surface area contributed by atoms with Gasteiger partial charge in [0.05, 0.1) is 0 Å². The van der Waals surface area contributed by atoms with E-state index in [1.807, 2.05) is 12.1 Å². The Balaban J connectivity index is 2.27. The van der Waals surface area contributed by atoms with Crippen molar-refractivity contribution in [1.82, 2.24) is 5.32 Å². The summed E-state index contributed by atoms with van der Waals surface area (Å²) in [6, 6.07) is 16.7. The third-order valence-corrected chi connectivity index (χ3v) is 3.94. The van der Waals surface area contributed by atoms with Crippen molar-refractivity contribution < 1.29 is 0 Å². The van der Waals surface area contributed by atoms with Crippen LogP contribution in [0.25, 0.3) is 0 Å². The van der Waals surface area contributed by atoms with Gasteiger partial charge in [0.2, 0.25) is 0 Å². The molecule has 0 radical (unpaired) electrons. The SMILES string of the molecule is CCNCc1c(Cl)cccc1N(CC)Cc1ccccc1. The zero-order chi connectivity index (χ0) is 15.1. The van der Waals surface area contributed by atoms with Crippen molar-refractivity contribution in [3.05, 3.63) is 64.7 Å². The number of benzene rings is 2. The number of anilines is 1.